The number of anilines is 1. The van der Waals surface area contributed by atoms with Crippen molar-refractivity contribution in [2.75, 3.05) is 39.2 Å². The topological polar surface area (TPSA) is 143 Å². The summed E-state index contributed by atoms with van der Waals surface area (Å²) in [6, 6.07) is 20.9. The van der Waals surface area contributed by atoms with Gasteiger partial charge in [-0.05, 0) is 60.5 Å². The zero-order valence-electron chi connectivity index (χ0n) is 30.6. The number of nitrogens with one attached hydrogen (secondary N) is 2. The molecule has 2 atom stereocenters. The van der Waals surface area contributed by atoms with Crippen LogP contribution in [0.4, 0.5) is 19.4 Å². The second kappa shape index (κ2) is 16.0. The van der Waals surface area contributed by atoms with Gasteiger partial charge >= 0.3 is 6.03 Å². The van der Waals surface area contributed by atoms with E-state index < -0.39 is 29.8 Å². The first-order valence-electron chi connectivity index (χ1n) is 17.4. The highest BCUT2D eigenvalue weighted by Crippen LogP contribution is 2.33. The summed E-state index contributed by atoms with van der Waals surface area (Å²) in [6.07, 6.45) is 2.60. The number of ether oxygens (including phenoxy) is 2. The summed E-state index contributed by atoms with van der Waals surface area (Å²) in [6.45, 7) is 3.27. The number of urea groups is 1. The van der Waals surface area contributed by atoms with Crippen molar-refractivity contribution in [3.8, 4) is 34.0 Å². The molecule has 14 nitrogen and oxygen atoms in total. The van der Waals surface area contributed by atoms with Gasteiger partial charge in [-0.1, -0.05) is 41.6 Å². The van der Waals surface area contributed by atoms with Crippen LogP contribution >= 0.6 is 0 Å². The number of rotatable bonds is 12. The Morgan fingerprint density at radius 1 is 1.00 bits per heavy atom. The van der Waals surface area contributed by atoms with Gasteiger partial charge in [0.2, 0.25) is 0 Å². The highest BCUT2D eigenvalue weighted by Gasteiger charge is 2.37. The number of hydrogen-bond acceptors (Lipinski definition) is 9. The highest BCUT2D eigenvalue weighted by atomic mass is 19.2. The zero-order chi connectivity index (χ0) is 38.6. The van der Waals surface area contributed by atoms with Crippen molar-refractivity contribution in [2.45, 2.75) is 25.6 Å². The van der Waals surface area contributed by atoms with E-state index in [1.807, 2.05) is 61.5 Å². The van der Waals surface area contributed by atoms with Crippen molar-refractivity contribution < 1.29 is 27.9 Å². The first-order valence-corrected chi connectivity index (χ1v) is 17.4. The second-order valence-electron chi connectivity index (χ2n) is 13.1. The van der Waals surface area contributed by atoms with Crippen molar-refractivity contribution in [3.05, 3.63) is 130 Å². The van der Waals surface area contributed by atoms with Crippen LogP contribution in [0, 0.1) is 18.6 Å². The lowest BCUT2D eigenvalue weighted by molar-refractivity contribution is -0.154. The molecule has 1 aliphatic rings. The number of aryl methyl sites for hydroxylation is 1. The summed E-state index contributed by atoms with van der Waals surface area (Å²) < 4.78 is 43.2. The monoisotopic (exact) mass is 751 g/mol. The maximum atomic E-state index is 14.3. The molecule has 2 amide bonds. The Labute approximate surface area is 314 Å². The Bertz CT molecular complexity index is 2360. The number of carbonyl (C=O) groups excluding carboxylic acids is 1. The minimum atomic E-state index is -1.02. The molecule has 3 aromatic carbocycles. The molecule has 4 heterocycles. The van der Waals surface area contributed by atoms with E-state index in [0.29, 0.717) is 64.8 Å². The third-order valence-corrected chi connectivity index (χ3v) is 9.29. The molecule has 55 heavy (non-hydrogen) atoms. The molecule has 0 aliphatic carbocycles. The lowest BCUT2D eigenvalue weighted by atomic mass is 10.0. The van der Waals surface area contributed by atoms with Crippen molar-refractivity contribution in [1.29, 1.82) is 0 Å². The number of pyridine rings is 1. The fraction of sp³-hybridized carbons (Fsp3) is 0.256. The molecule has 0 spiro atoms. The lowest BCUT2D eigenvalue weighted by Crippen LogP contribution is -2.42. The number of halogens is 2. The molecule has 0 unspecified atom stereocenters. The molecule has 16 heteroatoms. The fourth-order valence-electron chi connectivity index (χ4n) is 6.46. The summed E-state index contributed by atoms with van der Waals surface area (Å²) in [4.78, 5) is 33.3. The number of amides is 2. The van der Waals surface area contributed by atoms with Crippen LogP contribution in [-0.4, -0.2) is 80.4 Å². The molecule has 0 radical (unpaired) electrons. The highest BCUT2D eigenvalue weighted by molar-refractivity contribution is 5.91. The van der Waals surface area contributed by atoms with Gasteiger partial charge in [0, 0.05) is 44.6 Å². The molecule has 6 aromatic rings. The maximum absolute atomic E-state index is 14.3. The molecule has 1 saturated heterocycles. The van der Waals surface area contributed by atoms with Gasteiger partial charge < -0.3 is 19.4 Å². The quantitative estimate of drug-likeness (QED) is 0.171. The largest absolute Gasteiger partial charge is 0.497 e. The van der Waals surface area contributed by atoms with Crippen molar-refractivity contribution >= 4 is 11.8 Å². The molecular weight excluding hydrogens is 712 g/mol. The van der Waals surface area contributed by atoms with Crippen LogP contribution in [0.5, 0.6) is 5.75 Å². The lowest BCUT2D eigenvalue weighted by Gasteiger charge is -2.20. The van der Waals surface area contributed by atoms with Gasteiger partial charge in [0.25, 0.3) is 5.56 Å². The van der Waals surface area contributed by atoms with E-state index in [1.165, 1.54) is 10.6 Å². The van der Waals surface area contributed by atoms with Crippen molar-refractivity contribution in [2.24, 2.45) is 7.05 Å². The number of hydrogen-bond donors (Lipinski definition) is 2. The summed E-state index contributed by atoms with van der Waals surface area (Å²) in [7, 11) is 4.82. The van der Waals surface area contributed by atoms with Gasteiger partial charge in [0.05, 0.1) is 49.4 Å². The van der Waals surface area contributed by atoms with Crippen molar-refractivity contribution in [3.63, 3.8) is 0 Å². The first-order chi connectivity index (χ1) is 26.6. The van der Waals surface area contributed by atoms with Gasteiger partial charge in [-0.15, -0.1) is 5.10 Å². The Morgan fingerprint density at radius 2 is 1.78 bits per heavy atom. The average Bonchev–Trinajstić information content (AvgIpc) is 3.91. The minimum absolute atomic E-state index is 0.258. The average molecular weight is 752 g/mol. The molecular formula is C39H39F2N9O5. The van der Waals surface area contributed by atoms with Crippen molar-refractivity contribution in [1.82, 2.24) is 39.7 Å². The molecule has 0 bridgehead atoms. The zero-order valence-corrected chi connectivity index (χ0v) is 30.6. The van der Waals surface area contributed by atoms with Gasteiger partial charge in [0.15, 0.2) is 11.6 Å². The van der Waals surface area contributed by atoms with E-state index in [0.717, 1.165) is 23.4 Å². The van der Waals surface area contributed by atoms with Gasteiger partial charge in [-0.25, -0.2) is 22.9 Å². The number of nitrogens with zero attached hydrogens (tertiary/aromatic N) is 7. The smallest absolute Gasteiger partial charge is 0.320 e. The van der Waals surface area contributed by atoms with Gasteiger partial charge in [-0.3, -0.25) is 14.9 Å². The molecule has 1 aliphatic heterocycles. The molecule has 0 saturated carbocycles. The normalized spacial score (nSPS) is 15.7. The Hall–Kier alpha value is -6.23. The van der Waals surface area contributed by atoms with Crippen LogP contribution in [0.3, 0.4) is 0 Å². The van der Waals surface area contributed by atoms with Crippen LogP contribution in [-0.2, 0) is 23.2 Å². The number of benzene rings is 3. The Kier molecular flexibility index (Phi) is 10.8. The molecule has 1 fully saturated rings. The fourth-order valence-corrected chi connectivity index (χ4v) is 6.46. The van der Waals surface area contributed by atoms with E-state index in [2.05, 4.69) is 20.9 Å². The third kappa shape index (κ3) is 8.01. The number of methoxy groups -OCH3 is 2. The van der Waals surface area contributed by atoms with E-state index in [-0.39, 0.29) is 12.1 Å². The number of hydroxylamine groups is 2. The first kappa shape index (κ1) is 37.1. The van der Waals surface area contributed by atoms with Crippen LogP contribution in [0.15, 0.2) is 96.1 Å². The maximum Gasteiger partial charge on any atom is 0.320 e. The summed E-state index contributed by atoms with van der Waals surface area (Å²) in [5.74, 6) is -0.884. The van der Waals surface area contributed by atoms with E-state index in [4.69, 9.17) is 19.4 Å². The second-order valence-corrected chi connectivity index (χ2v) is 13.1. The molecule has 2 N–H and O–H groups in total. The molecule has 284 valence electrons. The number of aromatic nitrogens is 6. The van der Waals surface area contributed by atoms with Gasteiger partial charge in [0.1, 0.15) is 23.4 Å². The number of carbonyl (C=O) groups is 1. The van der Waals surface area contributed by atoms with E-state index in [9.17, 15) is 18.4 Å². The Morgan fingerprint density at radius 3 is 2.51 bits per heavy atom. The van der Waals surface area contributed by atoms with Crippen LogP contribution in [0.2, 0.25) is 0 Å². The Balaban J connectivity index is 1.19. The number of para-hydroxylation sites is 1. The summed E-state index contributed by atoms with van der Waals surface area (Å²) in [5, 5.41) is 21.1. The summed E-state index contributed by atoms with van der Waals surface area (Å²) in [5.41, 5.74) is 4.20. The molecule has 7 rings (SSSR count). The van der Waals surface area contributed by atoms with E-state index in [1.54, 1.807) is 54.2 Å². The standard InChI is InChI=1S/C39H39F2N9O5/c1-24-35(27-18-30(38(51)47(2)21-27)33-22-48(46-44-33)20-25-10-13-29(54-4)14-11-25)45-50(28-8-6-5-7-9-28)37(24)43-39(52)42-34-23-49(16-17-53-3)55-36(34)26-12-15-31(40)32(41)19-26/h5-15,18-19,21-22,34,36H,16-17,20,23H2,1-4H3,(H2,42,43,52)/t34-,36+/m1/s1. The van der Waals surface area contributed by atoms with Crippen LogP contribution in [0.1, 0.15) is 22.8 Å². The van der Waals surface area contributed by atoms with E-state index >= 15 is 0 Å². The van der Waals surface area contributed by atoms with Crippen LogP contribution in [0.25, 0.3) is 28.2 Å². The van der Waals surface area contributed by atoms with Gasteiger partial charge in [-0.2, -0.15) is 10.2 Å². The predicted octanol–water partition coefficient (Wildman–Crippen LogP) is 5.27. The third-order valence-electron chi connectivity index (χ3n) is 9.29. The summed E-state index contributed by atoms with van der Waals surface area (Å²) >= 11 is 0. The molecule has 3 aromatic heterocycles. The minimum Gasteiger partial charge on any atom is -0.497 e. The SMILES string of the molecule is COCCN1C[C@@H](NC(=O)Nc2c(C)c(-c3cc(-c4cn(Cc5ccc(OC)cc5)nn4)c(=O)n(C)c3)nn2-c2ccccc2)[C@H](c2ccc(F)c(F)c2)O1. The van der Waals surface area contributed by atoms with Crippen LogP contribution < -0.4 is 20.9 Å². The predicted molar refractivity (Wildman–Crippen MR) is 200 cm³/mol.